The SMILES string of the molecule is CNC1(C)CCN(C(=O)c2ccn(C)c(=O)c2)CC1. The molecule has 0 aromatic carbocycles. The molecular formula is C14H21N3O2. The van der Waals surface area contributed by atoms with Crippen LogP contribution in [0, 0.1) is 0 Å². The number of amides is 1. The number of pyridine rings is 1. The van der Waals surface area contributed by atoms with Crippen molar-refractivity contribution in [2.75, 3.05) is 20.1 Å². The second kappa shape index (κ2) is 5.17. The van der Waals surface area contributed by atoms with Crippen LogP contribution in [0.3, 0.4) is 0 Å². The third-order valence-electron chi connectivity index (χ3n) is 4.11. The van der Waals surface area contributed by atoms with E-state index in [0.29, 0.717) is 5.56 Å². The highest BCUT2D eigenvalue weighted by Crippen LogP contribution is 2.22. The van der Waals surface area contributed by atoms with Gasteiger partial charge >= 0.3 is 0 Å². The van der Waals surface area contributed by atoms with Crippen LogP contribution in [0.25, 0.3) is 0 Å². The average molecular weight is 263 g/mol. The minimum absolute atomic E-state index is 0.0455. The molecule has 1 N–H and O–H groups in total. The number of rotatable bonds is 2. The first-order chi connectivity index (χ1) is 8.95. The number of carbonyl (C=O) groups excluding carboxylic acids is 1. The van der Waals surface area contributed by atoms with Gasteiger partial charge in [0.05, 0.1) is 0 Å². The van der Waals surface area contributed by atoms with Crippen LogP contribution in [-0.2, 0) is 7.05 Å². The smallest absolute Gasteiger partial charge is 0.254 e. The van der Waals surface area contributed by atoms with Crippen LogP contribution < -0.4 is 10.9 Å². The summed E-state index contributed by atoms with van der Waals surface area (Å²) >= 11 is 0. The predicted molar refractivity (Wildman–Crippen MR) is 74.3 cm³/mol. The molecule has 2 heterocycles. The maximum atomic E-state index is 12.3. The molecule has 0 saturated carbocycles. The molecule has 1 aromatic rings. The van der Waals surface area contributed by atoms with E-state index >= 15 is 0 Å². The van der Waals surface area contributed by atoms with E-state index in [1.165, 1.54) is 10.6 Å². The van der Waals surface area contributed by atoms with Gasteiger partial charge in [0.1, 0.15) is 0 Å². The van der Waals surface area contributed by atoms with Crippen LogP contribution in [0.5, 0.6) is 0 Å². The van der Waals surface area contributed by atoms with Crippen molar-refractivity contribution in [1.29, 1.82) is 0 Å². The van der Waals surface area contributed by atoms with Crippen LogP contribution in [0.15, 0.2) is 23.1 Å². The Morgan fingerprint density at radius 1 is 1.37 bits per heavy atom. The Morgan fingerprint density at radius 2 is 2.00 bits per heavy atom. The molecule has 5 nitrogen and oxygen atoms in total. The minimum atomic E-state index is -0.150. The molecule has 104 valence electrons. The summed E-state index contributed by atoms with van der Waals surface area (Å²) in [5.41, 5.74) is 0.447. The molecule has 0 spiro atoms. The molecule has 0 atom stereocenters. The molecule has 0 aliphatic carbocycles. The summed E-state index contributed by atoms with van der Waals surface area (Å²) in [6, 6.07) is 3.11. The number of carbonyl (C=O) groups is 1. The molecule has 0 unspecified atom stereocenters. The zero-order valence-electron chi connectivity index (χ0n) is 11.8. The molecule has 1 aromatic heterocycles. The number of piperidine rings is 1. The fourth-order valence-electron chi connectivity index (χ4n) is 2.32. The van der Waals surface area contributed by atoms with Crippen molar-refractivity contribution in [1.82, 2.24) is 14.8 Å². The van der Waals surface area contributed by atoms with Gasteiger partial charge in [-0.1, -0.05) is 0 Å². The van der Waals surface area contributed by atoms with Gasteiger partial charge in [0.2, 0.25) is 0 Å². The summed E-state index contributed by atoms with van der Waals surface area (Å²) in [4.78, 5) is 25.7. The molecule has 1 aliphatic rings. The van der Waals surface area contributed by atoms with Gasteiger partial charge in [0.15, 0.2) is 0 Å². The summed E-state index contributed by atoms with van der Waals surface area (Å²) < 4.78 is 1.46. The van der Waals surface area contributed by atoms with Gasteiger partial charge in [0.25, 0.3) is 11.5 Å². The third-order valence-corrected chi connectivity index (χ3v) is 4.11. The number of likely N-dealkylation sites (tertiary alicyclic amines) is 1. The lowest BCUT2D eigenvalue weighted by Gasteiger charge is -2.39. The molecule has 0 bridgehead atoms. The zero-order chi connectivity index (χ0) is 14.0. The number of hydrogen-bond acceptors (Lipinski definition) is 3. The van der Waals surface area contributed by atoms with E-state index < -0.39 is 0 Å². The van der Waals surface area contributed by atoms with E-state index in [9.17, 15) is 9.59 Å². The van der Waals surface area contributed by atoms with Crippen molar-refractivity contribution in [3.63, 3.8) is 0 Å². The highest BCUT2D eigenvalue weighted by atomic mass is 16.2. The van der Waals surface area contributed by atoms with Crippen LogP contribution in [0.1, 0.15) is 30.1 Å². The largest absolute Gasteiger partial charge is 0.339 e. The highest BCUT2D eigenvalue weighted by Gasteiger charge is 2.30. The topological polar surface area (TPSA) is 54.3 Å². The lowest BCUT2D eigenvalue weighted by atomic mass is 9.89. The van der Waals surface area contributed by atoms with E-state index in [4.69, 9.17) is 0 Å². The van der Waals surface area contributed by atoms with Gasteiger partial charge in [-0.2, -0.15) is 0 Å². The Balaban J connectivity index is 2.09. The van der Waals surface area contributed by atoms with Crippen LogP contribution in [-0.4, -0.2) is 41.1 Å². The van der Waals surface area contributed by atoms with Gasteiger partial charge in [0, 0.05) is 43.5 Å². The Hall–Kier alpha value is -1.62. The number of aromatic nitrogens is 1. The zero-order valence-corrected chi connectivity index (χ0v) is 11.8. The van der Waals surface area contributed by atoms with E-state index in [1.807, 2.05) is 11.9 Å². The summed E-state index contributed by atoms with van der Waals surface area (Å²) in [5, 5.41) is 3.30. The van der Waals surface area contributed by atoms with Crippen LogP contribution >= 0.6 is 0 Å². The summed E-state index contributed by atoms with van der Waals surface area (Å²) in [6.45, 7) is 3.63. The molecule has 5 heteroatoms. The maximum Gasteiger partial charge on any atom is 0.254 e. The van der Waals surface area contributed by atoms with Gasteiger partial charge in [-0.15, -0.1) is 0 Å². The van der Waals surface area contributed by atoms with Crippen molar-refractivity contribution < 1.29 is 4.79 Å². The number of aryl methyl sites for hydroxylation is 1. The maximum absolute atomic E-state index is 12.3. The second-order valence-corrected chi connectivity index (χ2v) is 5.47. The molecule has 2 rings (SSSR count). The van der Waals surface area contributed by atoms with Crippen molar-refractivity contribution in [3.05, 3.63) is 34.2 Å². The molecule has 1 aliphatic heterocycles. The summed E-state index contributed by atoms with van der Waals surface area (Å²) in [5.74, 6) is -0.0455. The number of nitrogens with zero attached hydrogens (tertiary/aromatic N) is 2. The van der Waals surface area contributed by atoms with Crippen molar-refractivity contribution in [3.8, 4) is 0 Å². The fraction of sp³-hybridized carbons (Fsp3) is 0.571. The standard InChI is InChI=1S/C14H21N3O2/c1-14(15-2)5-8-17(9-6-14)13(19)11-4-7-16(3)12(18)10-11/h4,7,10,15H,5-6,8-9H2,1-3H3. The first kappa shape index (κ1) is 13.8. The fourth-order valence-corrected chi connectivity index (χ4v) is 2.32. The third kappa shape index (κ3) is 2.87. The highest BCUT2D eigenvalue weighted by molar-refractivity contribution is 5.94. The molecule has 1 amide bonds. The van der Waals surface area contributed by atoms with Crippen molar-refractivity contribution in [2.45, 2.75) is 25.3 Å². The Bertz CT molecular complexity index is 528. The van der Waals surface area contributed by atoms with Crippen LogP contribution in [0.2, 0.25) is 0 Å². The Kier molecular flexibility index (Phi) is 3.75. The van der Waals surface area contributed by atoms with E-state index in [2.05, 4.69) is 12.2 Å². The van der Waals surface area contributed by atoms with E-state index in [0.717, 1.165) is 25.9 Å². The number of nitrogens with one attached hydrogen (secondary N) is 1. The lowest BCUT2D eigenvalue weighted by Crippen LogP contribution is -2.51. The summed E-state index contributed by atoms with van der Waals surface area (Å²) in [6.07, 6.45) is 3.50. The second-order valence-electron chi connectivity index (χ2n) is 5.47. The molecular weight excluding hydrogens is 242 g/mol. The monoisotopic (exact) mass is 263 g/mol. The van der Waals surface area contributed by atoms with E-state index in [-0.39, 0.29) is 17.0 Å². The van der Waals surface area contributed by atoms with Gasteiger partial charge in [-0.25, -0.2) is 0 Å². The first-order valence-corrected chi connectivity index (χ1v) is 6.60. The van der Waals surface area contributed by atoms with Crippen molar-refractivity contribution in [2.24, 2.45) is 7.05 Å². The minimum Gasteiger partial charge on any atom is -0.339 e. The first-order valence-electron chi connectivity index (χ1n) is 6.60. The Morgan fingerprint density at radius 3 is 2.53 bits per heavy atom. The van der Waals surface area contributed by atoms with Crippen LogP contribution in [0.4, 0.5) is 0 Å². The Labute approximate surface area is 113 Å². The predicted octanol–water partition coefficient (Wildman–Crippen LogP) is 0.599. The average Bonchev–Trinajstić information content (AvgIpc) is 2.42. The number of hydrogen-bond donors (Lipinski definition) is 1. The lowest BCUT2D eigenvalue weighted by molar-refractivity contribution is 0.0661. The quantitative estimate of drug-likeness (QED) is 0.850. The van der Waals surface area contributed by atoms with Gasteiger partial charge in [-0.3, -0.25) is 9.59 Å². The molecule has 19 heavy (non-hydrogen) atoms. The van der Waals surface area contributed by atoms with Gasteiger partial charge in [-0.05, 0) is 32.9 Å². The molecule has 1 saturated heterocycles. The molecule has 0 radical (unpaired) electrons. The van der Waals surface area contributed by atoms with Crippen molar-refractivity contribution >= 4 is 5.91 Å². The van der Waals surface area contributed by atoms with E-state index in [1.54, 1.807) is 19.3 Å². The normalized spacial score (nSPS) is 18.4. The summed E-state index contributed by atoms with van der Waals surface area (Å²) in [7, 11) is 3.63. The molecule has 1 fully saturated rings. The van der Waals surface area contributed by atoms with Gasteiger partial charge < -0.3 is 14.8 Å².